The van der Waals surface area contributed by atoms with Crippen LogP contribution in [-0.4, -0.2) is 23.1 Å². The van der Waals surface area contributed by atoms with Gasteiger partial charge in [-0.2, -0.15) is 0 Å². The Morgan fingerprint density at radius 1 is 1.46 bits per heavy atom. The summed E-state index contributed by atoms with van der Waals surface area (Å²) >= 11 is 3.37. The summed E-state index contributed by atoms with van der Waals surface area (Å²) in [6, 6.07) is 0. The molecule has 72 valence electrons. The Bertz CT molecular complexity index is 256. The third kappa shape index (κ3) is 2.55. The summed E-state index contributed by atoms with van der Waals surface area (Å²) in [6.45, 7) is 5.35. The Morgan fingerprint density at radius 3 is 2.85 bits per heavy atom. The Morgan fingerprint density at radius 2 is 2.23 bits per heavy atom. The Labute approximate surface area is 85.9 Å². The van der Waals surface area contributed by atoms with Crippen molar-refractivity contribution in [1.82, 2.24) is 9.97 Å². The van der Waals surface area contributed by atoms with Crippen LogP contribution in [-0.2, 0) is 0 Å². The molecule has 0 aliphatic rings. The number of halogens is 1. The molecular formula is C8H12BrN3O. The second-order valence-electron chi connectivity index (χ2n) is 2.30. The molecule has 1 heterocycles. The molecule has 0 radical (unpaired) electrons. The first-order chi connectivity index (χ1) is 6.29. The first kappa shape index (κ1) is 10.2. The van der Waals surface area contributed by atoms with Crippen molar-refractivity contribution in [2.75, 3.05) is 18.5 Å². The first-order valence-corrected chi connectivity index (χ1v) is 4.96. The van der Waals surface area contributed by atoms with Crippen LogP contribution in [0.15, 0.2) is 10.8 Å². The van der Waals surface area contributed by atoms with Crippen molar-refractivity contribution < 1.29 is 4.74 Å². The molecule has 0 bridgehead atoms. The van der Waals surface area contributed by atoms with Crippen molar-refractivity contribution in [2.24, 2.45) is 0 Å². The summed E-state index contributed by atoms with van der Waals surface area (Å²) in [5.41, 5.74) is 0. The van der Waals surface area contributed by atoms with Gasteiger partial charge in [0.05, 0.1) is 6.61 Å². The van der Waals surface area contributed by atoms with Crippen molar-refractivity contribution in [3.63, 3.8) is 0 Å². The number of ether oxygens (including phenoxy) is 1. The SMILES string of the molecule is CCNc1ncnc(OCC)c1Br. The van der Waals surface area contributed by atoms with Crippen LogP contribution in [0.25, 0.3) is 0 Å². The van der Waals surface area contributed by atoms with E-state index in [1.54, 1.807) is 0 Å². The van der Waals surface area contributed by atoms with Gasteiger partial charge >= 0.3 is 0 Å². The average molecular weight is 246 g/mol. The normalized spacial score (nSPS) is 9.77. The molecule has 0 aliphatic carbocycles. The zero-order chi connectivity index (χ0) is 9.68. The molecule has 0 aromatic carbocycles. The van der Waals surface area contributed by atoms with Gasteiger partial charge in [0.15, 0.2) is 0 Å². The predicted octanol–water partition coefficient (Wildman–Crippen LogP) is 2.07. The van der Waals surface area contributed by atoms with Crippen LogP contribution in [0, 0.1) is 0 Å². The maximum Gasteiger partial charge on any atom is 0.233 e. The number of anilines is 1. The highest BCUT2D eigenvalue weighted by Crippen LogP contribution is 2.27. The molecule has 13 heavy (non-hydrogen) atoms. The van der Waals surface area contributed by atoms with Gasteiger partial charge in [0.1, 0.15) is 16.6 Å². The van der Waals surface area contributed by atoms with Crippen LogP contribution in [0.3, 0.4) is 0 Å². The molecule has 5 heteroatoms. The predicted molar refractivity (Wildman–Crippen MR) is 55.1 cm³/mol. The monoisotopic (exact) mass is 245 g/mol. The van der Waals surface area contributed by atoms with Gasteiger partial charge in [-0.15, -0.1) is 0 Å². The van der Waals surface area contributed by atoms with Crippen molar-refractivity contribution in [3.05, 3.63) is 10.8 Å². The van der Waals surface area contributed by atoms with Crippen LogP contribution in [0.2, 0.25) is 0 Å². The molecular weight excluding hydrogens is 234 g/mol. The molecule has 0 atom stereocenters. The van der Waals surface area contributed by atoms with Crippen molar-refractivity contribution in [3.8, 4) is 5.88 Å². The summed E-state index contributed by atoms with van der Waals surface area (Å²) in [5.74, 6) is 1.34. The summed E-state index contributed by atoms with van der Waals surface area (Å²) in [4.78, 5) is 8.05. The minimum Gasteiger partial charge on any atom is -0.477 e. The van der Waals surface area contributed by atoms with E-state index in [9.17, 15) is 0 Å². The summed E-state index contributed by atoms with van der Waals surface area (Å²) in [7, 11) is 0. The van der Waals surface area contributed by atoms with Gasteiger partial charge in [-0.3, -0.25) is 0 Å². The van der Waals surface area contributed by atoms with Gasteiger partial charge in [-0.05, 0) is 29.8 Å². The lowest BCUT2D eigenvalue weighted by molar-refractivity contribution is 0.324. The minimum atomic E-state index is 0.577. The van der Waals surface area contributed by atoms with Gasteiger partial charge in [-0.25, -0.2) is 9.97 Å². The molecule has 0 saturated carbocycles. The maximum absolute atomic E-state index is 5.29. The molecule has 0 saturated heterocycles. The molecule has 0 amide bonds. The molecule has 1 N–H and O–H groups in total. The molecule has 1 rings (SSSR count). The van der Waals surface area contributed by atoms with E-state index in [1.807, 2.05) is 13.8 Å². The largest absolute Gasteiger partial charge is 0.477 e. The third-order valence-corrected chi connectivity index (χ3v) is 2.10. The van der Waals surface area contributed by atoms with E-state index < -0.39 is 0 Å². The van der Waals surface area contributed by atoms with E-state index in [2.05, 4.69) is 31.2 Å². The minimum absolute atomic E-state index is 0.577. The topological polar surface area (TPSA) is 47.0 Å². The van der Waals surface area contributed by atoms with Crippen LogP contribution >= 0.6 is 15.9 Å². The van der Waals surface area contributed by atoms with E-state index in [-0.39, 0.29) is 0 Å². The highest BCUT2D eigenvalue weighted by molar-refractivity contribution is 9.10. The first-order valence-electron chi connectivity index (χ1n) is 4.16. The van der Waals surface area contributed by atoms with Crippen LogP contribution in [0.4, 0.5) is 5.82 Å². The number of rotatable bonds is 4. The number of aromatic nitrogens is 2. The number of hydrogen-bond donors (Lipinski definition) is 1. The van der Waals surface area contributed by atoms with E-state index >= 15 is 0 Å². The lowest BCUT2D eigenvalue weighted by atomic mass is 10.5. The second-order valence-corrected chi connectivity index (χ2v) is 3.10. The Kier molecular flexibility index (Phi) is 3.95. The molecule has 1 aromatic rings. The standard InChI is InChI=1S/C8H12BrN3O/c1-3-10-7-6(9)8(13-4-2)12-5-11-7/h5H,3-4H2,1-2H3,(H,10,11,12). The van der Waals surface area contributed by atoms with Crippen LogP contribution in [0.1, 0.15) is 13.8 Å². The highest BCUT2D eigenvalue weighted by atomic mass is 79.9. The lowest BCUT2D eigenvalue weighted by Crippen LogP contribution is -2.03. The van der Waals surface area contributed by atoms with E-state index in [0.29, 0.717) is 12.5 Å². The third-order valence-electron chi connectivity index (χ3n) is 1.38. The summed E-state index contributed by atoms with van der Waals surface area (Å²) < 4.78 is 6.06. The van der Waals surface area contributed by atoms with Gasteiger partial charge in [0, 0.05) is 6.54 Å². The molecule has 0 fully saturated rings. The lowest BCUT2D eigenvalue weighted by Gasteiger charge is -2.08. The summed E-state index contributed by atoms with van der Waals surface area (Å²) in [6.07, 6.45) is 1.48. The molecule has 4 nitrogen and oxygen atoms in total. The smallest absolute Gasteiger partial charge is 0.233 e. The quantitative estimate of drug-likeness (QED) is 0.883. The molecule has 0 unspecified atom stereocenters. The fourth-order valence-corrected chi connectivity index (χ4v) is 1.34. The van der Waals surface area contributed by atoms with Crippen LogP contribution < -0.4 is 10.1 Å². The molecule has 0 spiro atoms. The van der Waals surface area contributed by atoms with E-state index in [0.717, 1.165) is 16.8 Å². The van der Waals surface area contributed by atoms with E-state index in [4.69, 9.17) is 4.74 Å². The number of nitrogens with one attached hydrogen (secondary N) is 1. The van der Waals surface area contributed by atoms with Gasteiger partial charge in [0.25, 0.3) is 0 Å². The average Bonchev–Trinajstić information content (AvgIpc) is 2.13. The fraction of sp³-hybridized carbons (Fsp3) is 0.500. The zero-order valence-electron chi connectivity index (χ0n) is 7.67. The zero-order valence-corrected chi connectivity index (χ0v) is 9.26. The second kappa shape index (κ2) is 5.01. The molecule has 0 aliphatic heterocycles. The Hall–Kier alpha value is -0.840. The highest BCUT2D eigenvalue weighted by Gasteiger charge is 2.07. The molecule has 1 aromatic heterocycles. The van der Waals surface area contributed by atoms with Crippen molar-refractivity contribution in [1.29, 1.82) is 0 Å². The Balaban J connectivity index is 2.89. The number of nitrogens with zero attached hydrogens (tertiary/aromatic N) is 2. The summed E-state index contributed by atoms with van der Waals surface area (Å²) in [5, 5.41) is 3.10. The van der Waals surface area contributed by atoms with Crippen LogP contribution in [0.5, 0.6) is 5.88 Å². The van der Waals surface area contributed by atoms with Crippen molar-refractivity contribution in [2.45, 2.75) is 13.8 Å². The van der Waals surface area contributed by atoms with Gasteiger partial charge in [0.2, 0.25) is 5.88 Å². The van der Waals surface area contributed by atoms with Gasteiger partial charge in [-0.1, -0.05) is 0 Å². The van der Waals surface area contributed by atoms with E-state index in [1.165, 1.54) is 6.33 Å². The van der Waals surface area contributed by atoms with Crippen molar-refractivity contribution >= 4 is 21.7 Å². The van der Waals surface area contributed by atoms with Gasteiger partial charge < -0.3 is 10.1 Å². The number of hydrogen-bond acceptors (Lipinski definition) is 4. The fourth-order valence-electron chi connectivity index (χ4n) is 0.882. The maximum atomic E-state index is 5.29.